The second-order valence-electron chi connectivity index (χ2n) is 13.8. The van der Waals surface area contributed by atoms with Crippen molar-refractivity contribution in [3.63, 3.8) is 0 Å². The Bertz CT molecular complexity index is 2810. The van der Waals surface area contributed by atoms with E-state index in [2.05, 4.69) is 114 Å². The molecule has 0 amide bonds. The van der Waals surface area contributed by atoms with Crippen molar-refractivity contribution in [1.29, 1.82) is 0 Å². The van der Waals surface area contributed by atoms with Gasteiger partial charge in [0.15, 0.2) is 11.5 Å². The molecule has 1 aliphatic rings. The van der Waals surface area contributed by atoms with Gasteiger partial charge in [0, 0.05) is 45.4 Å². The SMILES string of the molecule is c1ccc(-c2cc(-c3ccccn3)c(N3c4ccc(-c5cc6ccccc6o5)cc4Oc4cc(-c5cc6ccccc6o5)ccc43)c(-c3ccccn3)c2)cc1. The van der Waals surface area contributed by atoms with Crippen molar-refractivity contribution >= 4 is 39.0 Å². The molecule has 1 aliphatic heterocycles. The van der Waals surface area contributed by atoms with Crippen LogP contribution in [0.5, 0.6) is 11.5 Å². The molecule has 0 saturated carbocycles. The van der Waals surface area contributed by atoms with Crippen molar-refractivity contribution in [2.24, 2.45) is 0 Å². The summed E-state index contributed by atoms with van der Waals surface area (Å²) in [5, 5.41) is 2.09. The molecule has 0 atom stereocenters. The summed E-state index contributed by atoms with van der Waals surface area (Å²) in [5.41, 5.74) is 11.9. The maximum absolute atomic E-state index is 6.93. The number of benzene rings is 6. The molecule has 11 rings (SSSR count). The van der Waals surface area contributed by atoms with E-state index in [-0.39, 0.29) is 0 Å². The summed E-state index contributed by atoms with van der Waals surface area (Å²) in [7, 11) is 0. The second-order valence-corrected chi connectivity index (χ2v) is 13.8. The third-order valence-electron chi connectivity index (χ3n) is 10.4. The Morgan fingerprint density at radius 3 is 1.39 bits per heavy atom. The molecule has 56 heavy (non-hydrogen) atoms. The number of furan rings is 2. The lowest BCUT2D eigenvalue weighted by molar-refractivity contribution is 0.477. The minimum Gasteiger partial charge on any atom is -0.456 e. The highest BCUT2D eigenvalue weighted by atomic mass is 16.5. The fourth-order valence-corrected chi connectivity index (χ4v) is 7.71. The van der Waals surface area contributed by atoms with E-state index in [4.69, 9.17) is 23.5 Å². The Kier molecular flexibility index (Phi) is 7.38. The maximum Gasteiger partial charge on any atom is 0.152 e. The van der Waals surface area contributed by atoms with Crippen molar-refractivity contribution in [2.45, 2.75) is 0 Å². The number of para-hydroxylation sites is 2. The molecule has 6 aromatic carbocycles. The Labute approximate surface area is 322 Å². The van der Waals surface area contributed by atoms with E-state index in [0.29, 0.717) is 11.5 Å². The molecule has 6 nitrogen and oxygen atoms in total. The van der Waals surface area contributed by atoms with E-state index in [0.717, 1.165) is 95.3 Å². The van der Waals surface area contributed by atoms with Crippen LogP contribution in [0.2, 0.25) is 0 Å². The molecule has 0 saturated heterocycles. The highest BCUT2D eigenvalue weighted by Gasteiger charge is 2.32. The third-order valence-corrected chi connectivity index (χ3v) is 10.4. The summed E-state index contributed by atoms with van der Waals surface area (Å²) in [4.78, 5) is 12.2. The van der Waals surface area contributed by atoms with Crippen molar-refractivity contribution in [3.8, 4) is 67.8 Å². The number of nitrogens with zero attached hydrogens (tertiary/aromatic N) is 3. The summed E-state index contributed by atoms with van der Waals surface area (Å²) >= 11 is 0. The number of pyridine rings is 2. The normalized spacial score (nSPS) is 12.0. The van der Waals surface area contributed by atoms with Crippen LogP contribution in [-0.4, -0.2) is 9.97 Å². The largest absolute Gasteiger partial charge is 0.456 e. The van der Waals surface area contributed by atoms with Crippen LogP contribution in [0.1, 0.15) is 0 Å². The van der Waals surface area contributed by atoms with Crippen molar-refractivity contribution in [3.05, 3.63) is 188 Å². The number of hydrogen-bond acceptors (Lipinski definition) is 6. The Morgan fingerprint density at radius 1 is 0.393 bits per heavy atom. The van der Waals surface area contributed by atoms with Crippen molar-refractivity contribution in [2.75, 3.05) is 4.90 Å². The number of aromatic nitrogens is 2. The molecule has 0 radical (unpaired) electrons. The quantitative estimate of drug-likeness (QED) is 0.170. The molecule has 6 heteroatoms. The Balaban J connectivity index is 1.18. The summed E-state index contributed by atoms with van der Waals surface area (Å²) in [5.74, 6) is 2.90. The lowest BCUT2D eigenvalue weighted by Gasteiger charge is -2.36. The van der Waals surface area contributed by atoms with Gasteiger partial charge in [-0.2, -0.15) is 0 Å². The summed E-state index contributed by atoms with van der Waals surface area (Å²) in [6, 6.07) is 59.8. The molecular formula is C50H31N3O3. The molecule has 4 aromatic heterocycles. The van der Waals surface area contributed by atoms with Gasteiger partial charge in [-0.1, -0.05) is 78.9 Å². The number of ether oxygens (including phenoxy) is 1. The average Bonchev–Trinajstić information content (AvgIpc) is 3.91. The third kappa shape index (κ3) is 5.43. The molecule has 5 heterocycles. The monoisotopic (exact) mass is 721 g/mol. The Hall–Kier alpha value is -7.70. The van der Waals surface area contributed by atoms with Gasteiger partial charge in [-0.25, -0.2) is 0 Å². The Morgan fingerprint density at radius 2 is 0.893 bits per heavy atom. The van der Waals surface area contributed by atoms with Gasteiger partial charge in [-0.3, -0.25) is 9.97 Å². The van der Waals surface area contributed by atoms with Crippen LogP contribution < -0.4 is 9.64 Å². The summed E-state index contributed by atoms with van der Waals surface area (Å²) in [6.07, 6.45) is 3.68. The minimum atomic E-state index is 0.684. The zero-order valence-electron chi connectivity index (χ0n) is 30.0. The van der Waals surface area contributed by atoms with E-state index in [1.165, 1.54) is 0 Å². The molecule has 10 aromatic rings. The first kappa shape index (κ1) is 31.8. The van der Waals surface area contributed by atoms with Crippen LogP contribution in [-0.2, 0) is 0 Å². The highest BCUT2D eigenvalue weighted by Crippen LogP contribution is 2.56. The standard InChI is InChI=1S/C50H31N3O3/c1-2-12-32(13-3-1)37-26-38(40-16-8-10-24-51-40)50(39(27-37)41-17-9-11-25-52-41)53-42-22-20-35(46-28-33-14-4-6-18-44(33)54-46)30-48(42)56-49-31-36(21-23-43(49)53)47-29-34-15-5-7-19-45(34)55-47/h1-31H. The van der Waals surface area contributed by atoms with E-state index in [1.807, 2.05) is 79.1 Å². The zero-order chi connectivity index (χ0) is 37.0. The van der Waals surface area contributed by atoms with Crippen LogP contribution in [0, 0.1) is 0 Å². The van der Waals surface area contributed by atoms with Gasteiger partial charge in [0.25, 0.3) is 0 Å². The summed E-state index contributed by atoms with van der Waals surface area (Å²) < 4.78 is 19.6. The van der Waals surface area contributed by atoms with Crippen LogP contribution in [0.3, 0.4) is 0 Å². The molecule has 0 aliphatic carbocycles. The summed E-state index contributed by atoms with van der Waals surface area (Å²) in [6.45, 7) is 0. The predicted octanol–water partition coefficient (Wildman–Crippen LogP) is 13.9. The van der Waals surface area contributed by atoms with Crippen LogP contribution in [0.15, 0.2) is 197 Å². The molecular weight excluding hydrogens is 691 g/mol. The van der Waals surface area contributed by atoms with Crippen LogP contribution in [0.4, 0.5) is 17.1 Å². The predicted molar refractivity (Wildman–Crippen MR) is 224 cm³/mol. The van der Waals surface area contributed by atoms with Gasteiger partial charge in [0.05, 0.1) is 28.5 Å². The van der Waals surface area contributed by atoms with E-state index in [1.54, 1.807) is 0 Å². The molecule has 0 fully saturated rings. The van der Waals surface area contributed by atoms with Gasteiger partial charge in [-0.15, -0.1) is 0 Å². The lowest BCUT2D eigenvalue weighted by Crippen LogP contribution is -2.18. The van der Waals surface area contributed by atoms with Crippen molar-refractivity contribution in [1.82, 2.24) is 9.97 Å². The van der Waals surface area contributed by atoms with Gasteiger partial charge in [0.2, 0.25) is 0 Å². The highest BCUT2D eigenvalue weighted by molar-refractivity contribution is 6.02. The maximum atomic E-state index is 6.93. The minimum absolute atomic E-state index is 0.684. The van der Waals surface area contributed by atoms with Gasteiger partial charge in [-0.05, 0) is 108 Å². The number of anilines is 3. The molecule has 0 bridgehead atoms. The molecule has 264 valence electrons. The van der Waals surface area contributed by atoms with E-state index in [9.17, 15) is 0 Å². The fourth-order valence-electron chi connectivity index (χ4n) is 7.71. The number of hydrogen-bond donors (Lipinski definition) is 0. The lowest BCUT2D eigenvalue weighted by atomic mass is 9.92. The topological polar surface area (TPSA) is 64.5 Å². The molecule has 0 spiro atoms. The number of rotatable bonds is 6. The fraction of sp³-hybridized carbons (Fsp3) is 0. The zero-order valence-corrected chi connectivity index (χ0v) is 30.0. The first-order valence-electron chi connectivity index (χ1n) is 18.5. The van der Waals surface area contributed by atoms with Crippen molar-refractivity contribution < 1.29 is 13.6 Å². The number of fused-ring (bicyclic) bond motifs is 4. The first-order chi connectivity index (χ1) is 27.7. The van der Waals surface area contributed by atoms with E-state index >= 15 is 0 Å². The second kappa shape index (κ2) is 13.0. The van der Waals surface area contributed by atoms with Gasteiger partial charge < -0.3 is 18.5 Å². The smallest absolute Gasteiger partial charge is 0.152 e. The van der Waals surface area contributed by atoms with E-state index < -0.39 is 0 Å². The van der Waals surface area contributed by atoms with Crippen LogP contribution >= 0.6 is 0 Å². The average molecular weight is 722 g/mol. The van der Waals surface area contributed by atoms with Gasteiger partial charge in [0.1, 0.15) is 22.7 Å². The molecule has 0 N–H and O–H groups in total. The molecule has 0 unspecified atom stereocenters. The van der Waals surface area contributed by atoms with Crippen LogP contribution in [0.25, 0.3) is 78.2 Å². The van der Waals surface area contributed by atoms with Gasteiger partial charge >= 0.3 is 0 Å². The first-order valence-corrected chi connectivity index (χ1v) is 18.5.